The van der Waals surface area contributed by atoms with Gasteiger partial charge in [0.25, 0.3) is 11.7 Å². The van der Waals surface area contributed by atoms with E-state index >= 15 is 0 Å². The van der Waals surface area contributed by atoms with E-state index in [1.54, 1.807) is 72.8 Å². The van der Waals surface area contributed by atoms with Crippen LogP contribution in [0, 0.1) is 0 Å². The zero-order valence-electron chi connectivity index (χ0n) is 16.6. The quantitative estimate of drug-likeness (QED) is 0.267. The van der Waals surface area contributed by atoms with Crippen LogP contribution in [-0.4, -0.2) is 22.6 Å². The molecule has 1 aliphatic rings. The maximum absolute atomic E-state index is 13.1. The molecule has 3 aromatic rings. The fraction of sp³-hybridized carbons (Fsp3) is 0.0800. The molecule has 4 rings (SSSR count). The van der Waals surface area contributed by atoms with E-state index in [9.17, 15) is 19.5 Å². The summed E-state index contributed by atoms with van der Waals surface area (Å²) in [6, 6.07) is 21.1. The third-order valence-corrected chi connectivity index (χ3v) is 5.48. The van der Waals surface area contributed by atoms with Crippen LogP contribution in [0.4, 0.5) is 5.69 Å². The molecule has 1 amide bonds. The number of benzene rings is 3. The first-order valence-electron chi connectivity index (χ1n) is 9.61. The molecule has 0 aromatic heterocycles. The fourth-order valence-corrected chi connectivity index (χ4v) is 3.80. The highest BCUT2D eigenvalue weighted by Crippen LogP contribution is 2.42. The smallest absolute Gasteiger partial charge is 0.300 e. The van der Waals surface area contributed by atoms with Crippen LogP contribution >= 0.6 is 11.6 Å². The molecule has 3 aromatic carbocycles. The van der Waals surface area contributed by atoms with Crippen LogP contribution in [0.5, 0.6) is 0 Å². The van der Waals surface area contributed by atoms with Crippen LogP contribution in [-0.2, 0) is 9.59 Å². The number of carbonyl (C=O) groups is 3. The molecule has 0 radical (unpaired) electrons. The molecule has 1 unspecified atom stereocenters. The molecule has 1 aliphatic heterocycles. The molecule has 0 bridgehead atoms. The third-order valence-electron chi connectivity index (χ3n) is 5.23. The predicted molar refractivity (Wildman–Crippen MR) is 119 cm³/mol. The Labute approximate surface area is 184 Å². The van der Waals surface area contributed by atoms with Gasteiger partial charge in [-0.3, -0.25) is 19.3 Å². The van der Waals surface area contributed by atoms with E-state index in [4.69, 9.17) is 11.6 Å². The zero-order chi connectivity index (χ0) is 22.1. The number of amides is 1. The minimum absolute atomic E-state index is 0.00540. The molecule has 0 spiro atoms. The number of nitrogens with zero attached hydrogens (tertiary/aromatic N) is 1. The lowest BCUT2D eigenvalue weighted by Gasteiger charge is -2.25. The number of hydrogen-bond donors (Lipinski definition) is 1. The lowest BCUT2D eigenvalue weighted by Crippen LogP contribution is -2.29. The molecule has 5 nitrogen and oxygen atoms in total. The Kier molecular flexibility index (Phi) is 5.44. The summed E-state index contributed by atoms with van der Waals surface area (Å²) in [5, 5.41) is 11.5. The number of hydrogen-bond acceptors (Lipinski definition) is 4. The number of Topliss-reactive ketones (excluding diaryl/α,β-unsaturated/α-hetero) is 2. The average molecular weight is 432 g/mol. The van der Waals surface area contributed by atoms with Gasteiger partial charge in [-0.15, -0.1) is 0 Å². The summed E-state index contributed by atoms with van der Waals surface area (Å²) in [6.07, 6.45) is 0. The van der Waals surface area contributed by atoms with E-state index in [2.05, 4.69) is 0 Å². The standard InChI is InChI=1S/C25H18ClNO4/c1-15(28)16-9-13-20(14-10-16)27-22(17-5-3-2-4-6-17)21(24(30)25(27)31)23(29)18-7-11-19(26)12-8-18/h2-14,22,29H,1H3/b23-21-. The van der Waals surface area contributed by atoms with E-state index in [1.807, 2.05) is 6.07 Å². The molecule has 1 heterocycles. The Bertz CT molecular complexity index is 1200. The Morgan fingerprint density at radius 2 is 1.45 bits per heavy atom. The highest BCUT2D eigenvalue weighted by Gasteiger charge is 2.46. The van der Waals surface area contributed by atoms with Crippen LogP contribution in [0.25, 0.3) is 5.76 Å². The Morgan fingerprint density at radius 3 is 2.03 bits per heavy atom. The summed E-state index contributed by atoms with van der Waals surface area (Å²) < 4.78 is 0. The number of aliphatic hydroxyl groups is 1. The monoisotopic (exact) mass is 431 g/mol. The number of rotatable bonds is 4. The van der Waals surface area contributed by atoms with Gasteiger partial charge in [-0.05, 0) is 61.0 Å². The van der Waals surface area contributed by atoms with Gasteiger partial charge >= 0.3 is 0 Å². The zero-order valence-corrected chi connectivity index (χ0v) is 17.3. The van der Waals surface area contributed by atoms with Crippen molar-refractivity contribution in [2.45, 2.75) is 13.0 Å². The highest BCUT2D eigenvalue weighted by molar-refractivity contribution is 6.51. The highest BCUT2D eigenvalue weighted by atomic mass is 35.5. The summed E-state index contributed by atoms with van der Waals surface area (Å²) in [7, 11) is 0. The topological polar surface area (TPSA) is 74.7 Å². The Balaban J connectivity index is 1.90. The van der Waals surface area contributed by atoms with Crippen molar-refractivity contribution in [3.05, 3.63) is 106 Å². The van der Waals surface area contributed by atoms with E-state index in [0.29, 0.717) is 27.4 Å². The maximum atomic E-state index is 13.1. The van der Waals surface area contributed by atoms with Crippen LogP contribution in [0.15, 0.2) is 84.4 Å². The predicted octanol–water partition coefficient (Wildman–Crippen LogP) is 5.17. The second-order valence-electron chi connectivity index (χ2n) is 7.19. The molecular formula is C25H18ClNO4. The second kappa shape index (κ2) is 8.20. The van der Waals surface area contributed by atoms with Crippen molar-refractivity contribution in [1.29, 1.82) is 0 Å². The normalized spacial score (nSPS) is 17.7. The van der Waals surface area contributed by atoms with Gasteiger partial charge < -0.3 is 5.11 Å². The van der Waals surface area contributed by atoms with E-state index in [1.165, 1.54) is 11.8 Å². The third kappa shape index (κ3) is 3.76. The van der Waals surface area contributed by atoms with Crippen molar-refractivity contribution >= 4 is 40.5 Å². The number of halogens is 1. The van der Waals surface area contributed by atoms with Crippen molar-refractivity contribution in [1.82, 2.24) is 0 Å². The number of anilines is 1. The van der Waals surface area contributed by atoms with Gasteiger partial charge in [-0.25, -0.2) is 0 Å². The summed E-state index contributed by atoms with van der Waals surface area (Å²) in [4.78, 5) is 39.1. The first-order chi connectivity index (χ1) is 14.9. The van der Waals surface area contributed by atoms with E-state index in [0.717, 1.165) is 0 Å². The lowest BCUT2D eigenvalue weighted by molar-refractivity contribution is -0.132. The van der Waals surface area contributed by atoms with Crippen LogP contribution in [0.1, 0.15) is 34.5 Å². The number of carbonyl (C=O) groups excluding carboxylic acids is 3. The van der Waals surface area contributed by atoms with Crippen LogP contribution in [0.2, 0.25) is 5.02 Å². The van der Waals surface area contributed by atoms with Gasteiger partial charge in [0.05, 0.1) is 11.6 Å². The second-order valence-corrected chi connectivity index (χ2v) is 7.63. The average Bonchev–Trinajstić information content (AvgIpc) is 3.05. The minimum Gasteiger partial charge on any atom is -0.507 e. The summed E-state index contributed by atoms with van der Waals surface area (Å²) >= 11 is 5.94. The molecule has 0 saturated carbocycles. The van der Waals surface area contributed by atoms with Crippen molar-refractivity contribution < 1.29 is 19.5 Å². The molecule has 1 atom stereocenters. The molecule has 154 valence electrons. The first-order valence-corrected chi connectivity index (χ1v) is 9.99. The molecule has 6 heteroatoms. The molecule has 0 aliphatic carbocycles. The number of ketones is 2. The van der Waals surface area contributed by atoms with Gasteiger partial charge in [0, 0.05) is 21.8 Å². The van der Waals surface area contributed by atoms with Gasteiger partial charge in [-0.1, -0.05) is 41.9 Å². The van der Waals surface area contributed by atoms with Crippen molar-refractivity contribution in [3.63, 3.8) is 0 Å². The van der Waals surface area contributed by atoms with Gasteiger partial charge in [0.15, 0.2) is 5.78 Å². The Morgan fingerprint density at radius 1 is 0.871 bits per heavy atom. The van der Waals surface area contributed by atoms with E-state index < -0.39 is 17.7 Å². The first kappa shape index (κ1) is 20.6. The fourth-order valence-electron chi connectivity index (χ4n) is 3.67. The lowest BCUT2D eigenvalue weighted by atomic mass is 9.95. The molecular weight excluding hydrogens is 414 g/mol. The molecule has 31 heavy (non-hydrogen) atoms. The largest absolute Gasteiger partial charge is 0.507 e. The van der Waals surface area contributed by atoms with Gasteiger partial charge in [0.2, 0.25) is 0 Å². The summed E-state index contributed by atoms with van der Waals surface area (Å²) in [5.41, 5.74) is 2.01. The summed E-state index contributed by atoms with van der Waals surface area (Å²) in [6.45, 7) is 1.46. The molecule has 1 saturated heterocycles. The van der Waals surface area contributed by atoms with Crippen LogP contribution < -0.4 is 4.90 Å². The summed E-state index contributed by atoms with van der Waals surface area (Å²) in [5.74, 6) is -1.90. The van der Waals surface area contributed by atoms with Crippen molar-refractivity contribution in [3.8, 4) is 0 Å². The molecule has 1 fully saturated rings. The minimum atomic E-state index is -0.819. The SMILES string of the molecule is CC(=O)c1ccc(N2C(=O)C(=O)/C(=C(\O)c3ccc(Cl)cc3)C2c2ccccc2)cc1. The van der Waals surface area contributed by atoms with Gasteiger partial charge in [0.1, 0.15) is 5.76 Å². The van der Waals surface area contributed by atoms with Gasteiger partial charge in [-0.2, -0.15) is 0 Å². The van der Waals surface area contributed by atoms with Crippen LogP contribution in [0.3, 0.4) is 0 Å². The maximum Gasteiger partial charge on any atom is 0.300 e. The Hall–Kier alpha value is -3.70. The van der Waals surface area contributed by atoms with Crippen molar-refractivity contribution in [2.75, 3.05) is 4.90 Å². The number of aliphatic hydroxyl groups excluding tert-OH is 1. The van der Waals surface area contributed by atoms with E-state index in [-0.39, 0.29) is 17.1 Å². The molecule has 1 N–H and O–H groups in total. The van der Waals surface area contributed by atoms with Crippen molar-refractivity contribution in [2.24, 2.45) is 0 Å².